The highest BCUT2D eigenvalue weighted by atomic mass is 32.1. The Bertz CT molecular complexity index is 1340. The zero-order valence-corrected chi connectivity index (χ0v) is 19.7. The number of nitrogens with zero attached hydrogens (tertiary/aromatic N) is 4. The number of carbonyl (C=O) groups is 2. The summed E-state index contributed by atoms with van der Waals surface area (Å²) in [6.07, 6.45) is -2.51. The van der Waals surface area contributed by atoms with Crippen LogP contribution < -0.4 is 26.0 Å². The van der Waals surface area contributed by atoms with E-state index in [1.165, 1.54) is 31.9 Å². The lowest BCUT2D eigenvalue weighted by molar-refractivity contribution is -0.138. The van der Waals surface area contributed by atoms with Crippen LogP contribution in [0.3, 0.4) is 0 Å². The predicted octanol–water partition coefficient (Wildman–Crippen LogP) is 0.0484. The Labute approximate surface area is 204 Å². The monoisotopic (exact) mass is 501 g/mol. The van der Waals surface area contributed by atoms with Gasteiger partial charge < -0.3 is 10.2 Å². The van der Waals surface area contributed by atoms with Crippen molar-refractivity contribution in [1.82, 2.24) is 10.3 Å². The molecule has 14 heteroatoms. The second-order valence-electron chi connectivity index (χ2n) is 8.45. The molecule has 2 heterocycles. The fourth-order valence-electron chi connectivity index (χ4n) is 4.64. The van der Waals surface area contributed by atoms with Gasteiger partial charge in [0.1, 0.15) is 33.1 Å². The topological polar surface area (TPSA) is 89.3 Å². The van der Waals surface area contributed by atoms with Crippen molar-refractivity contribution in [2.75, 3.05) is 16.8 Å². The van der Waals surface area contributed by atoms with Gasteiger partial charge in [0.2, 0.25) is 0 Å². The number of halogens is 4. The number of carbonyl (C=O) groups excluding carboxylic acids is 2. The lowest BCUT2D eigenvalue weighted by Crippen LogP contribution is -2.57. The number of alkyl halides is 3. The average molecular weight is 501 g/mol. The summed E-state index contributed by atoms with van der Waals surface area (Å²) in [4.78, 5) is 31.8. The summed E-state index contributed by atoms with van der Waals surface area (Å²) in [5.41, 5.74) is -2.88. The van der Waals surface area contributed by atoms with Gasteiger partial charge in [-0.15, -0.1) is 0 Å². The number of amides is 2. The summed E-state index contributed by atoms with van der Waals surface area (Å²) < 4.78 is 55.8. The van der Waals surface area contributed by atoms with Crippen LogP contribution in [-0.2, 0) is 11.0 Å². The summed E-state index contributed by atoms with van der Waals surface area (Å²) in [6.45, 7) is 0. The average Bonchev–Trinajstić information content (AvgIpc) is 3.01. The smallest absolute Gasteiger partial charge is 0.355 e. The summed E-state index contributed by atoms with van der Waals surface area (Å²) >= 11 is 5.58. The van der Waals surface area contributed by atoms with E-state index in [2.05, 4.69) is 10.3 Å². The van der Waals surface area contributed by atoms with Crippen LogP contribution in [0.15, 0.2) is 18.3 Å². The normalized spacial score (nSPS) is 16.9. The molecule has 1 aromatic heterocycles. The largest absolute Gasteiger partial charge is 0.419 e. The van der Waals surface area contributed by atoms with E-state index in [0.29, 0.717) is 30.8 Å². The number of nitriles is 1. The summed E-state index contributed by atoms with van der Waals surface area (Å²) in [6, 6.07) is 3.42. The first kappa shape index (κ1) is 24.7. The molecule has 2 aliphatic rings. The number of aromatic nitrogens is 1. The van der Waals surface area contributed by atoms with Crippen LogP contribution in [0.2, 0.25) is 0 Å². The molecule has 0 unspecified atom stereocenters. The minimum Gasteiger partial charge on any atom is -0.355 e. The van der Waals surface area contributed by atoms with E-state index in [-0.39, 0.29) is 27.5 Å². The van der Waals surface area contributed by atoms with E-state index in [1.54, 1.807) is 7.85 Å². The molecule has 2 fully saturated rings. The number of hydrogen-bond acceptors (Lipinski definition) is 5. The van der Waals surface area contributed by atoms with Crippen molar-refractivity contribution in [3.05, 3.63) is 41.0 Å². The zero-order chi connectivity index (χ0) is 25.9. The molecule has 178 valence electrons. The molecular weight excluding hydrogens is 484 g/mol. The second kappa shape index (κ2) is 8.34. The summed E-state index contributed by atoms with van der Waals surface area (Å²) in [5, 5.41) is 11.3. The third-order valence-corrected chi connectivity index (χ3v) is 6.85. The number of pyridine rings is 1. The molecule has 2 amide bonds. The molecule has 2 aromatic rings. The molecule has 7 nitrogen and oxygen atoms in total. The number of rotatable bonds is 3. The Morgan fingerprint density at radius 2 is 1.97 bits per heavy atom. The standard InChI is InChI=1S/C21H17B2F4N5O2S/c1-29-17(33)10-6-12(22)16(14(23)15(10)24)32-19(35)31(18(34)20(32)3-2-4-20)9-5-11(21(25,26)27)13(7-28)30-8-9/h5-6,8H,2-4,22-23H2,1H3,(H,29,33). The maximum atomic E-state index is 15.2. The van der Waals surface area contributed by atoms with Crippen molar-refractivity contribution in [1.29, 1.82) is 5.26 Å². The molecule has 0 radical (unpaired) electrons. The Morgan fingerprint density at radius 1 is 1.31 bits per heavy atom. The Balaban J connectivity index is 1.89. The Kier molecular flexibility index (Phi) is 5.87. The zero-order valence-electron chi connectivity index (χ0n) is 18.9. The minimum atomic E-state index is -4.88. The molecule has 1 spiro atoms. The van der Waals surface area contributed by atoms with E-state index >= 15 is 4.39 Å². The first-order chi connectivity index (χ1) is 16.4. The van der Waals surface area contributed by atoms with E-state index in [9.17, 15) is 22.8 Å². The molecule has 1 aliphatic heterocycles. The first-order valence-electron chi connectivity index (χ1n) is 10.6. The number of nitrogens with one attached hydrogen (secondary N) is 1. The van der Waals surface area contributed by atoms with Crippen molar-refractivity contribution < 1.29 is 27.2 Å². The van der Waals surface area contributed by atoms with E-state index in [4.69, 9.17) is 17.5 Å². The number of benzene rings is 1. The first-order valence-corrected chi connectivity index (χ1v) is 11.0. The highest BCUT2D eigenvalue weighted by molar-refractivity contribution is 7.81. The lowest BCUT2D eigenvalue weighted by Gasteiger charge is -2.44. The molecule has 1 aliphatic carbocycles. The lowest BCUT2D eigenvalue weighted by atomic mass is 9.73. The number of hydrogen-bond donors (Lipinski definition) is 1. The van der Waals surface area contributed by atoms with Crippen molar-refractivity contribution in [2.24, 2.45) is 0 Å². The van der Waals surface area contributed by atoms with Crippen LogP contribution in [0.5, 0.6) is 0 Å². The Hall–Kier alpha value is -3.46. The van der Waals surface area contributed by atoms with Gasteiger partial charge in [0.05, 0.1) is 23.0 Å². The predicted molar refractivity (Wildman–Crippen MR) is 129 cm³/mol. The van der Waals surface area contributed by atoms with Gasteiger partial charge in [0.15, 0.2) is 10.8 Å². The highest BCUT2D eigenvalue weighted by Gasteiger charge is 2.60. The maximum absolute atomic E-state index is 15.2. The molecule has 0 atom stereocenters. The van der Waals surface area contributed by atoms with Gasteiger partial charge in [-0.25, -0.2) is 9.37 Å². The van der Waals surface area contributed by atoms with E-state index < -0.39 is 40.6 Å². The van der Waals surface area contributed by atoms with Crippen LogP contribution in [0.1, 0.15) is 40.9 Å². The Morgan fingerprint density at radius 3 is 2.49 bits per heavy atom. The maximum Gasteiger partial charge on any atom is 0.419 e. The molecule has 35 heavy (non-hydrogen) atoms. The highest BCUT2D eigenvalue weighted by Crippen LogP contribution is 2.47. The molecule has 1 aromatic carbocycles. The third-order valence-electron chi connectivity index (χ3n) is 6.49. The van der Waals surface area contributed by atoms with Crippen molar-refractivity contribution in [3.63, 3.8) is 0 Å². The fourth-order valence-corrected chi connectivity index (χ4v) is 5.09. The second-order valence-corrected chi connectivity index (χ2v) is 8.82. The molecular formula is C21H17B2F4N5O2S. The number of thiocarbonyl (C=S) groups is 1. The molecule has 1 N–H and O–H groups in total. The van der Waals surface area contributed by atoms with Crippen LogP contribution in [-0.4, -0.2) is 50.2 Å². The minimum absolute atomic E-state index is 0.0841. The summed E-state index contributed by atoms with van der Waals surface area (Å²) in [7, 11) is 4.47. The van der Waals surface area contributed by atoms with Crippen LogP contribution in [0, 0.1) is 17.1 Å². The van der Waals surface area contributed by atoms with Gasteiger partial charge in [-0.2, -0.15) is 18.4 Å². The van der Waals surface area contributed by atoms with Crippen LogP contribution in [0.4, 0.5) is 28.9 Å². The fraction of sp³-hybridized carbons (Fsp3) is 0.286. The van der Waals surface area contributed by atoms with E-state index in [1.807, 2.05) is 0 Å². The van der Waals surface area contributed by atoms with Gasteiger partial charge in [-0.1, -0.05) is 11.5 Å². The van der Waals surface area contributed by atoms with Crippen molar-refractivity contribution >= 4 is 67.1 Å². The van der Waals surface area contributed by atoms with Gasteiger partial charge >= 0.3 is 6.18 Å². The van der Waals surface area contributed by atoms with Crippen LogP contribution in [0.25, 0.3) is 0 Å². The quantitative estimate of drug-likeness (QED) is 0.364. The summed E-state index contributed by atoms with van der Waals surface area (Å²) in [5.74, 6) is -1.96. The van der Waals surface area contributed by atoms with Gasteiger partial charge in [-0.05, 0) is 43.0 Å². The van der Waals surface area contributed by atoms with Crippen molar-refractivity contribution in [2.45, 2.75) is 31.0 Å². The third kappa shape index (κ3) is 3.56. The number of anilines is 2. The van der Waals surface area contributed by atoms with E-state index in [0.717, 1.165) is 11.1 Å². The molecule has 0 bridgehead atoms. The molecule has 4 rings (SSSR count). The van der Waals surface area contributed by atoms with Crippen molar-refractivity contribution in [3.8, 4) is 6.07 Å². The van der Waals surface area contributed by atoms with Crippen LogP contribution >= 0.6 is 12.2 Å². The van der Waals surface area contributed by atoms with Gasteiger partial charge in [0.25, 0.3) is 11.8 Å². The van der Waals surface area contributed by atoms with Gasteiger partial charge in [0, 0.05) is 12.7 Å². The molecule has 1 saturated heterocycles. The SMILES string of the molecule is Bc1cc(C(=O)NC)c(F)c(B)c1N1C(=S)N(c2cnc(C#N)c(C(F)(F)F)c2)C(=O)C12CCC2. The molecule has 1 saturated carbocycles. The van der Waals surface area contributed by atoms with Gasteiger partial charge in [-0.3, -0.25) is 14.5 Å².